The van der Waals surface area contributed by atoms with Gasteiger partial charge < -0.3 is 25.2 Å². The normalized spacial score (nSPS) is 31.0. The first kappa shape index (κ1) is 20.0. The van der Waals surface area contributed by atoms with Crippen molar-refractivity contribution in [2.75, 3.05) is 19.0 Å². The first-order chi connectivity index (χ1) is 14.9. The number of carbonyl (C=O) groups excluding carboxylic acids is 1. The summed E-state index contributed by atoms with van der Waals surface area (Å²) in [6.07, 6.45) is 1.59. The average Bonchev–Trinajstić information content (AvgIpc) is 3.38. The van der Waals surface area contributed by atoms with Crippen molar-refractivity contribution in [3.63, 3.8) is 0 Å². The smallest absolute Gasteiger partial charge is 0.405 e. The summed E-state index contributed by atoms with van der Waals surface area (Å²) in [6, 6.07) is 3.46. The van der Waals surface area contributed by atoms with E-state index >= 15 is 0 Å². The lowest BCUT2D eigenvalue weighted by Gasteiger charge is -2.69. The Morgan fingerprint density at radius 2 is 2.19 bits per heavy atom. The van der Waals surface area contributed by atoms with Crippen LogP contribution in [-0.4, -0.2) is 56.3 Å². The van der Waals surface area contributed by atoms with Gasteiger partial charge in [-0.15, -0.1) is 0 Å². The van der Waals surface area contributed by atoms with E-state index < -0.39 is 6.09 Å². The molecular formula is C20H26N6O5. The van der Waals surface area contributed by atoms with Gasteiger partial charge in [-0.1, -0.05) is 0 Å². The molecule has 0 spiro atoms. The van der Waals surface area contributed by atoms with Crippen LogP contribution in [0.1, 0.15) is 47.2 Å². The molecule has 0 radical (unpaired) electrons. The molecule has 3 heterocycles. The number of carboxylic acid groups (broad SMARTS) is 1. The summed E-state index contributed by atoms with van der Waals surface area (Å²) in [5.41, 5.74) is 1.63. The number of aromatic nitrogens is 4. The lowest BCUT2D eigenvalue weighted by Crippen LogP contribution is -2.77. The number of rotatable bonds is 7. The molecule has 2 amide bonds. The molecule has 2 aromatic rings. The van der Waals surface area contributed by atoms with Crippen LogP contribution in [-0.2, 0) is 23.1 Å². The van der Waals surface area contributed by atoms with Crippen molar-refractivity contribution < 1.29 is 24.2 Å². The summed E-state index contributed by atoms with van der Waals surface area (Å²) in [6.45, 7) is 0.936. The minimum Gasteiger partial charge on any atom is -0.465 e. The number of nitrogens with one attached hydrogen (secondary N) is 3. The Bertz CT molecular complexity index is 1010. The quantitative estimate of drug-likeness (QED) is 0.523. The molecular weight excluding hydrogens is 404 g/mol. The molecule has 1 saturated heterocycles. The molecule has 2 aromatic heterocycles. The number of aryl methyl sites for hydroxylation is 1. The highest BCUT2D eigenvalue weighted by Gasteiger charge is 2.68. The molecule has 3 atom stereocenters. The van der Waals surface area contributed by atoms with Crippen molar-refractivity contribution in [1.82, 2.24) is 25.3 Å². The minimum absolute atomic E-state index is 0.143. The highest BCUT2D eigenvalue weighted by atomic mass is 16.5. The number of H-pyrrole nitrogens is 1. The minimum atomic E-state index is -0.949. The number of aromatic amines is 1. The van der Waals surface area contributed by atoms with Crippen molar-refractivity contribution >= 4 is 17.8 Å². The second-order valence-electron chi connectivity index (χ2n) is 8.84. The maximum absolute atomic E-state index is 12.6. The zero-order chi connectivity index (χ0) is 21.8. The van der Waals surface area contributed by atoms with E-state index in [4.69, 9.17) is 14.6 Å². The van der Waals surface area contributed by atoms with Crippen LogP contribution >= 0.6 is 0 Å². The lowest BCUT2D eigenvalue weighted by molar-refractivity contribution is -0.159. The van der Waals surface area contributed by atoms with E-state index in [1.165, 1.54) is 4.68 Å². The fourth-order valence-electron chi connectivity index (χ4n) is 5.59. The van der Waals surface area contributed by atoms with Crippen molar-refractivity contribution in [3.05, 3.63) is 29.2 Å². The third-order valence-corrected chi connectivity index (χ3v) is 6.93. The Morgan fingerprint density at radius 3 is 2.87 bits per heavy atom. The SMILES string of the molecule is COCc1cc(C(=O)Nc2cc(C3CC(C4C5CC4(NC(=O)O)C5)CO3)[nH]n2)n(C)n1. The van der Waals surface area contributed by atoms with Gasteiger partial charge in [0.25, 0.3) is 5.91 Å². The summed E-state index contributed by atoms with van der Waals surface area (Å²) in [4.78, 5) is 23.7. The first-order valence-corrected chi connectivity index (χ1v) is 10.4. The number of carbonyl (C=O) groups is 2. The summed E-state index contributed by atoms with van der Waals surface area (Å²) in [5, 5.41) is 26.1. The van der Waals surface area contributed by atoms with Gasteiger partial charge in [0, 0.05) is 25.8 Å². The Kier molecular flexibility index (Phi) is 4.74. The largest absolute Gasteiger partial charge is 0.465 e. The zero-order valence-corrected chi connectivity index (χ0v) is 17.4. The highest BCUT2D eigenvalue weighted by Crippen LogP contribution is 2.66. The van der Waals surface area contributed by atoms with Gasteiger partial charge in [0.1, 0.15) is 5.69 Å². The number of nitrogens with zero attached hydrogens (tertiary/aromatic N) is 3. The van der Waals surface area contributed by atoms with Crippen molar-refractivity contribution in [2.24, 2.45) is 24.8 Å². The molecule has 2 bridgehead atoms. The average molecular weight is 430 g/mol. The number of hydrogen-bond acceptors (Lipinski definition) is 6. The third-order valence-electron chi connectivity index (χ3n) is 6.93. The standard InChI is InChI=1S/C20H26N6O5/c1-26-14(4-12(25-26)9-30-2)18(27)21-16-5-13(23-24-16)15-3-10(8-31-15)17-11-6-20(17,7-11)22-19(28)29/h4-5,10-11,15,17,22H,3,6-9H2,1-2H3,(H,28,29)(H2,21,23,24,27). The number of methoxy groups -OCH3 is 1. The van der Waals surface area contributed by atoms with Crippen LogP contribution in [0, 0.1) is 17.8 Å². The summed E-state index contributed by atoms with van der Waals surface area (Å²) in [7, 11) is 3.28. The van der Waals surface area contributed by atoms with E-state index in [0.29, 0.717) is 48.2 Å². The van der Waals surface area contributed by atoms with E-state index in [0.717, 1.165) is 25.0 Å². The summed E-state index contributed by atoms with van der Waals surface area (Å²) >= 11 is 0. The fourth-order valence-corrected chi connectivity index (χ4v) is 5.59. The summed E-state index contributed by atoms with van der Waals surface area (Å²) < 4.78 is 12.6. The molecule has 4 N–H and O–H groups in total. The molecule has 0 aromatic carbocycles. The maximum atomic E-state index is 12.6. The van der Waals surface area contributed by atoms with E-state index in [1.54, 1.807) is 26.3 Å². The van der Waals surface area contributed by atoms with Crippen molar-refractivity contribution in [3.8, 4) is 0 Å². The van der Waals surface area contributed by atoms with Crippen molar-refractivity contribution in [2.45, 2.75) is 37.5 Å². The van der Waals surface area contributed by atoms with Gasteiger partial charge in [-0.3, -0.25) is 14.6 Å². The molecule has 4 aliphatic rings. The maximum Gasteiger partial charge on any atom is 0.405 e. The second-order valence-corrected chi connectivity index (χ2v) is 8.84. The van der Waals surface area contributed by atoms with Gasteiger partial charge in [-0.2, -0.15) is 10.2 Å². The molecule has 166 valence electrons. The third kappa shape index (κ3) is 3.37. The zero-order valence-electron chi connectivity index (χ0n) is 17.4. The monoisotopic (exact) mass is 430 g/mol. The highest BCUT2D eigenvalue weighted by molar-refractivity contribution is 6.02. The van der Waals surface area contributed by atoms with Crippen molar-refractivity contribution in [1.29, 1.82) is 0 Å². The van der Waals surface area contributed by atoms with E-state index in [2.05, 4.69) is 25.9 Å². The fraction of sp³-hybridized carbons (Fsp3) is 0.600. The first-order valence-electron chi connectivity index (χ1n) is 10.4. The molecule has 11 heteroatoms. The van der Waals surface area contributed by atoms with Crippen LogP contribution in [0.4, 0.5) is 10.6 Å². The molecule has 11 nitrogen and oxygen atoms in total. The van der Waals surface area contributed by atoms with Crippen LogP contribution in [0.25, 0.3) is 0 Å². The van der Waals surface area contributed by atoms with Gasteiger partial charge >= 0.3 is 6.09 Å². The number of ether oxygens (including phenoxy) is 2. The Morgan fingerprint density at radius 1 is 1.39 bits per heavy atom. The molecule has 31 heavy (non-hydrogen) atoms. The Hall–Kier alpha value is -2.92. The molecule has 3 unspecified atom stereocenters. The van der Waals surface area contributed by atoms with Gasteiger partial charge in [0.05, 0.1) is 30.7 Å². The van der Waals surface area contributed by atoms with Crippen LogP contribution in [0.15, 0.2) is 12.1 Å². The van der Waals surface area contributed by atoms with Gasteiger partial charge in [-0.05, 0) is 43.1 Å². The molecule has 1 aliphatic heterocycles. The van der Waals surface area contributed by atoms with Crippen LogP contribution in [0.2, 0.25) is 0 Å². The van der Waals surface area contributed by atoms with Gasteiger partial charge in [0.2, 0.25) is 0 Å². The van der Waals surface area contributed by atoms with Gasteiger partial charge in [0.15, 0.2) is 5.82 Å². The predicted molar refractivity (Wildman–Crippen MR) is 107 cm³/mol. The molecule has 4 fully saturated rings. The number of amides is 2. The number of anilines is 1. The van der Waals surface area contributed by atoms with E-state index in [-0.39, 0.29) is 17.6 Å². The lowest BCUT2D eigenvalue weighted by atomic mass is 9.39. The molecule has 3 saturated carbocycles. The van der Waals surface area contributed by atoms with E-state index in [9.17, 15) is 9.59 Å². The molecule has 6 rings (SSSR count). The Balaban J connectivity index is 1.20. The van der Waals surface area contributed by atoms with Crippen LogP contribution in [0.5, 0.6) is 0 Å². The van der Waals surface area contributed by atoms with Crippen LogP contribution < -0.4 is 10.6 Å². The van der Waals surface area contributed by atoms with E-state index in [1.807, 2.05) is 0 Å². The summed E-state index contributed by atoms with van der Waals surface area (Å²) in [5.74, 6) is 1.37. The number of hydrogen-bond donors (Lipinski definition) is 4. The Labute approximate surface area is 178 Å². The van der Waals surface area contributed by atoms with Crippen LogP contribution in [0.3, 0.4) is 0 Å². The topological polar surface area (TPSA) is 143 Å². The predicted octanol–water partition coefficient (Wildman–Crippen LogP) is 1.67. The van der Waals surface area contributed by atoms with Gasteiger partial charge in [-0.25, -0.2) is 4.79 Å². The molecule has 3 aliphatic carbocycles. The second kappa shape index (κ2) is 7.34.